The van der Waals surface area contributed by atoms with E-state index >= 15 is 0 Å². The fraction of sp³-hybridized carbons (Fsp3) is 0.615. The van der Waals surface area contributed by atoms with Crippen LogP contribution in [0.4, 0.5) is 5.82 Å². The number of rotatable bonds is 3. The summed E-state index contributed by atoms with van der Waals surface area (Å²) in [4.78, 5) is 0. The van der Waals surface area contributed by atoms with Crippen molar-refractivity contribution in [1.82, 2.24) is 10.2 Å². The van der Waals surface area contributed by atoms with Gasteiger partial charge >= 0.3 is 0 Å². The molecule has 2 aliphatic rings. The van der Waals surface area contributed by atoms with Crippen LogP contribution in [0.25, 0.3) is 0 Å². The first-order valence-corrected chi connectivity index (χ1v) is 6.47. The summed E-state index contributed by atoms with van der Waals surface area (Å²) in [7, 11) is 0. The van der Waals surface area contributed by atoms with Gasteiger partial charge in [0.1, 0.15) is 11.9 Å². The highest BCUT2D eigenvalue weighted by Crippen LogP contribution is 2.38. The molecule has 1 saturated heterocycles. The van der Waals surface area contributed by atoms with E-state index in [1.807, 2.05) is 12.1 Å². The molecule has 1 aliphatic carbocycles. The fourth-order valence-corrected chi connectivity index (χ4v) is 2.43. The van der Waals surface area contributed by atoms with E-state index in [1.54, 1.807) is 6.07 Å². The number of hydrogen-bond acceptors (Lipinski definition) is 5. The van der Waals surface area contributed by atoms with Gasteiger partial charge in [0, 0.05) is 12.6 Å². The minimum absolute atomic E-state index is 0.350. The van der Waals surface area contributed by atoms with Gasteiger partial charge in [-0.1, -0.05) is 0 Å². The van der Waals surface area contributed by atoms with Crippen molar-refractivity contribution in [3.8, 4) is 6.07 Å². The maximum absolute atomic E-state index is 8.66. The Hall–Kier alpha value is -1.67. The zero-order chi connectivity index (χ0) is 12.4. The smallest absolute Gasteiger partial charge is 0.163 e. The van der Waals surface area contributed by atoms with Crippen molar-refractivity contribution in [2.75, 3.05) is 11.9 Å². The maximum Gasteiger partial charge on any atom is 0.163 e. The molecule has 1 saturated carbocycles. The van der Waals surface area contributed by atoms with Crippen molar-refractivity contribution in [2.24, 2.45) is 5.92 Å². The zero-order valence-corrected chi connectivity index (χ0v) is 10.2. The third kappa shape index (κ3) is 2.59. The number of hydrogen-bond donors (Lipinski definition) is 1. The summed E-state index contributed by atoms with van der Waals surface area (Å²) in [5, 5.41) is 19.9. The van der Waals surface area contributed by atoms with Crippen LogP contribution in [0.3, 0.4) is 0 Å². The number of nitriles is 1. The summed E-state index contributed by atoms with van der Waals surface area (Å²) >= 11 is 0. The average molecular weight is 244 g/mol. The van der Waals surface area contributed by atoms with Crippen LogP contribution in [0.2, 0.25) is 0 Å². The Kier molecular flexibility index (Phi) is 3.11. The van der Waals surface area contributed by atoms with E-state index in [-0.39, 0.29) is 0 Å². The number of ether oxygens (including phenoxy) is 1. The lowest BCUT2D eigenvalue weighted by Gasteiger charge is -2.30. The van der Waals surface area contributed by atoms with Gasteiger partial charge in [-0.15, -0.1) is 10.2 Å². The molecule has 3 rings (SSSR count). The molecule has 0 spiro atoms. The molecule has 2 heterocycles. The SMILES string of the molecule is N#Cc1ccc(NC2CCOC(C3CC3)C2)nn1. The Morgan fingerprint density at radius 2 is 2.17 bits per heavy atom. The normalized spacial score (nSPS) is 27.5. The van der Waals surface area contributed by atoms with Crippen LogP contribution in [0, 0.1) is 17.2 Å². The van der Waals surface area contributed by atoms with E-state index in [1.165, 1.54) is 12.8 Å². The quantitative estimate of drug-likeness (QED) is 0.876. The first-order chi connectivity index (χ1) is 8.85. The Bertz CT molecular complexity index is 449. The van der Waals surface area contributed by atoms with E-state index < -0.39 is 0 Å². The molecule has 0 aromatic carbocycles. The summed E-state index contributed by atoms with van der Waals surface area (Å²) in [6.45, 7) is 0.822. The van der Waals surface area contributed by atoms with Gasteiger partial charge in [0.25, 0.3) is 0 Å². The van der Waals surface area contributed by atoms with Gasteiger partial charge in [-0.25, -0.2) is 0 Å². The first kappa shape index (κ1) is 11.4. The topological polar surface area (TPSA) is 70.8 Å². The van der Waals surface area contributed by atoms with E-state index in [0.717, 1.165) is 31.2 Å². The lowest BCUT2D eigenvalue weighted by molar-refractivity contribution is -0.00224. The molecule has 1 aromatic rings. The van der Waals surface area contributed by atoms with Crippen molar-refractivity contribution < 1.29 is 4.74 Å². The van der Waals surface area contributed by atoms with Crippen molar-refractivity contribution in [3.63, 3.8) is 0 Å². The second-order valence-corrected chi connectivity index (χ2v) is 5.03. The van der Waals surface area contributed by atoms with Crippen molar-refractivity contribution in [2.45, 2.75) is 37.8 Å². The Morgan fingerprint density at radius 1 is 1.28 bits per heavy atom. The van der Waals surface area contributed by atoms with Crippen molar-refractivity contribution >= 4 is 5.82 Å². The third-order valence-corrected chi connectivity index (χ3v) is 3.59. The van der Waals surface area contributed by atoms with Gasteiger partial charge in [0.2, 0.25) is 0 Å². The second-order valence-electron chi connectivity index (χ2n) is 5.03. The van der Waals surface area contributed by atoms with Crippen LogP contribution in [0.1, 0.15) is 31.4 Å². The van der Waals surface area contributed by atoms with Crippen LogP contribution >= 0.6 is 0 Å². The van der Waals surface area contributed by atoms with Crippen LogP contribution < -0.4 is 5.32 Å². The highest BCUT2D eigenvalue weighted by atomic mass is 16.5. The van der Waals surface area contributed by atoms with Gasteiger partial charge in [-0.2, -0.15) is 5.26 Å². The van der Waals surface area contributed by atoms with Crippen LogP contribution in [-0.4, -0.2) is 29.0 Å². The minimum Gasteiger partial charge on any atom is -0.378 e. The predicted molar refractivity (Wildman–Crippen MR) is 65.9 cm³/mol. The Balaban J connectivity index is 1.59. The van der Waals surface area contributed by atoms with Gasteiger partial charge < -0.3 is 10.1 Å². The first-order valence-electron chi connectivity index (χ1n) is 6.47. The Morgan fingerprint density at radius 3 is 2.83 bits per heavy atom. The molecule has 2 fully saturated rings. The molecule has 1 N–H and O–H groups in total. The van der Waals surface area contributed by atoms with E-state index in [9.17, 15) is 0 Å². The molecule has 5 nitrogen and oxygen atoms in total. The summed E-state index contributed by atoms with van der Waals surface area (Å²) in [5.41, 5.74) is 0.350. The summed E-state index contributed by atoms with van der Waals surface area (Å²) in [6, 6.07) is 5.88. The summed E-state index contributed by atoms with van der Waals surface area (Å²) in [5.74, 6) is 1.53. The average Bonchev–Trinajstić information content (AvgIpc) is 3.24. The van der Waals surface area contributed by atoms with Crippen molar-refractivity contribution in [3.05, 3.63) is 17.8 Å². The molecular weight excluding hydrogens is 228 g/mol. The van der Waals surface area contributed by atoms with E-state index in [0.29, 0.717) is 17.8 Å². The maximum atomic E-state index is 8.66. The monoisotopic (exact) mass is 244 g/mol. The molecule has 1 aromatic heterocycles. The van der Waals surface area contributed by atoms with Gasteiger partial charge in [-0.05, 0) is 43.7 Å². The van der Waals surface area contributed by atoms with Crippen molar-refractivity contribution in [1.29, 1.82) is 5.26 Å². The molecule has 94 valence electrons. The van der Waals surface area contributed by atoms with Gasteiger partial charge in [-0.3, -0.25) is 0 Å². The van der Waals surface area contributed by atoms with Crippen LogP contribution in [0.15, 0.2) is 12.1 Å². The second kappa shape index (κ2) is 4.91. The van der Waals surface area contributed by atoms with Gasteiger partial charge in [0.15, 0.2) is 5.69 Å². The molecule has 2 unspecified atom stereocenters. The van der Waals surface area contributed by atoms with E-state index in [4.69, 9.17) is 10.00 Å². The number of nitrogens with zero attached hydrogens (tertiary/aromatic N) is 3. The predicted octanol–water partition coefficient (Wildman–Crippen LogP) is 1.72. The molecule has 1 aliphatic heterocycles. The Labute approximate surface area is 106 Å². The molecular formula is C13H16N4O. The molecule has 2 atom stereocenters. The summed E-state index contributed by atoms with van der Waals surface area (Å²) in [6.07, 6.45) is 5.10. The highest BCUT2D eigenvalue weighted by Gasteiger charge is 2.35. The number of anilines is 1. The van der Waals surface area contributed by atoms with Crippen LogP contribution in [-0.2, 0) is 4.74 Å². The largest absolute Gasteiger partial charge is 0.378 e. The standard InChI is InChI=1S/C13H16N4O/c14-8-11-3-4-13(17-16-11)15-10-5-6-18-12(7-10)9-1-2-9/h3-4,9-10,12H,1-2,5-7H2,(H,15,17). The zero-order valence-electron chi connectivity index (χ0n) is 10.2. The lowest BCUT2D eigenvalue weighted by Crippen LogP contribution is -2.35. The third-order valence-electron chi connectivity index (χ3n) is 3.59. The summed E-state index contributed by atoms with van der Waals surface area (Å²) < 4.78 is 5.79. The molecule has 18 heavy (non-hydrogen) atoms. The molecule has 0 radical (unpaired) electrons. The highest BCUT2D eigenvalue weighted by molar-refractivity contribution is 5.36. The van der Waals surface area contributed by atoms with Crippen LogP contribution in [0.5, 0.6) is 0 Å². The van der Waals surface area contributed by atoms with Gasteiger partial charge in [0.05, 0.1) is 6.10 Å². The number of aromatic nitrogens is 2. The molecule has 5 heteroatoms. The lowest BCUT2D eigenvalue weighted by atomic mass is 10.00. The molecule has 0 bridgehead atoms. The minimum atomic E-state index is 0.350. The fourth-order valence-electron chi connectivity index (χ4n) is 2.43. The van der Waals surface area contributed by atoms with E-state index in [2.05, 4.69) is 15.5 Å². The number of nitrogens with one attached hydrogen (secondary N) is 1. The molecule has 0 amide bonds.